The minimum Gasteiger partial charge on any atom is -0.469 e. The van der Waals surface area contributed by atoms with E-state index in [1.807, 2.05) is 13.8 Å². The molecule has 1 aliphatic carbocycles. The predicted octanol–water partition coefficient (Wildman–Crippen LogP) is 3.13. The summed E-state index contributed by atoms with van der Waals surface area (Å²) < 4.78 is 6.14. The number of hydrogen-bond acceptors (Lipinski definition) is 4. The molecule has 0 fully saturated rings. The van der Waals surface area contributed by atoms with Crippen LogP contribution in [0.1, 0.15) is 41.5 Å². The van der Waals surface area contributed by atoms with Gasteiger partial charge in [0.2, 0.25) is 5.88 Å². The van der Waals surface area contributed by atoms with Crippen molar-refractivity contribution in [3.05, 3.63) is 46.8 Å². The number of nitrogen functional groups attached to an aromatic ring is 1. The predicted molar refractivity (Wildman–Crippen MR) is 78.7 cm³/mol. The number of fused-ring (bicyclic) bond motifs is 1. The molecular weight excluding hydrogens is 250 g/mol. The molecule has 1 atom stereocenters. The second-order valence-corrected chi connectivity index (χ2v) is 5.28. The summed E-state index contributed by atoms with van der Waals surface area (Å²) in [7, 11) is 0. The SMILES string of the molecule is Cc1nc(N)c(C)c(OC2CCCc3ccccc32)n1. The molecule has 104 valence electrons. The summed E-state index contributed by atoms with van der Waals surface area (Å²) in [6.07, 6.45) is 3.34. The third-order valence-corrected chi connectivity index (χ3v) is 3.82. The molecule has 3 rings (SSSR count). The summed E-state index contributed by atoms with van der Waals surface area (Å²) in [5, 5.41) is 0. The van der Waals surface area contributed by atoms with Gasteiger partial charge in [-0.25, -0.2) is 4.98 Å². The Morgan fingerprint density at radius 3 is 2.85 bits per heavy atom. The number of anilines is 1. The molecule has 20 heavy (non-hydrogen) atoms. The Balaban J connectivity index is 1.93. The van der Waals surface area contributed by atoms with Crippen LogP contribution in [0.4, 0.5) is 5.82 Å². The van der Waals surface area contributed by atoms with E-state index in [0.717, 1.165) is 24.8 Å². The van der Waals surface area contributed by atoms with Gasteiger partial charge in [-0.15, -0.1) is 0 Å². The molecule has 0 amide bonds. The highest BCUT2D eigenvalue weighted by Gasteiger charge is 2.23. The van der Waals surface area contributed by atoms with Crippen LogP contribution in [0, 0.1) is 13.8 Å². The first kappa shape index (κ1) is 12.9. The van der Waals surface area contributed by atoms with Gasteiger partial charge in [-0.1, -0.05) is 24.3 Å². The van der Waals surface area contributed by atoms with Crippen LogP contribution in [-0.2, 0) is 6.42 Å². The first-order chi connectivity index (χ1) is 9.65. The summed E-state index contributed by atoms with van der Waals surface area (Å²) in [5.41, 5.74) is 9.35. The molecular formula is C16H19N3O. The summed E-state index contributed by atoms with van der Waals surface area (Å²) in [4.78, 5) is 8.55. The highest BCUT2D eigenvalue weighted by molar-refractivity contribution is 5.44. The lowest BCUT2D eigenvalue weighted by molar-refractivity contribution is 0.174. The van der Waals surface area contributed by atoms with Gasteiger partial charge >= 0.3 is 0 Å². The van der Waals surface area contributed by atoms with E-state index in [1.165, 1.54) is 11.1 Å². The van der Waals surface area contributed by atoms with Crippen LogP contribution in [-0.4, -0.2) is 9.97 Å². The highest BCUT2D eigenvalue weighted by atomic mass is 16.5. The molecule has 1 unspecified atom stereocenters. The van der Waals surface area contributed by atoms with Gasteiger partial charge in [-0.05, 0) is 44.2 Å². The standard InChI is InChI=1S/C16H19N3O/c1-10-15(17)18-11(2)19-16(10)20-14-9-5-7-12-6-3-4-8-13(12)14/h3-4,6,8,14H,5,7,9H2,1-2H3,(H2,17,18,19). The average molecular weight is 269 g/mol. The summed E-state index contributed by atoms with van der Waals surface area (Å²) in [5.74, 6) is 1.75. The number of aromatic nitrogens is 2. The lowest BCUT2D eigenvalue weighted by Gasteiger charge is -2.26. The Labute approximate surface area is 119 Å². The molecule has 2 aromatic rings. The minimum absolute atomic E-state index is 0.0624. The van der Waals surface area contributed by atoms with Crippen molar-refractivity contribution in [2.75, 3.05) is 5.73 Å². The molecule has 1 aromatic carbocycles. The molecule has 0 saturated heterocycles. The number of benzene rings is 1. The van der Waals surface area contributed by atoms with Gasteiger partial charge < -0.3 is 10.5 Å². The van der Waals surface area contributed by atoms with Crippen molar-refractivity contribution in [1.29, 1.82) is 0 Å². The zero-order chi connectivity index (χ0) is 14.1. The van der Waals surface area contributed by atoms with Gasteiger partial charge in [0.15, 0.2) is 0 Å². The normalized spacial score (nSPS) is 17.6. The second-order valence-electron chi connectivity index (χ2n) is 5.28. The Morgan fingerprint density at radius 2 is 2.00 bits per heavy atom. The molecule has 0 spiro atoms. The third-order valence-electron chi connectivity index (χ3n) is 3.82. The average Bonchev–Trinajstić information content (AvgIpc) is 2.44. The first-order valence-electron chi connectivity index (χ1n) is 7.00. The van der Waals surface area contributed by atoms with Crippen molar-refractivity contribution in [2.45, 2.75) is 39.2 Å². The topological polar surface area (TPSA) is 61.0 Å². The van der Waals surface area contributed by atoms with Crippen LogP contribution in [0.25, 0.3) is 0 Å². The fourth-order valence-electron chi connectivity index (χ4n) is 2.70. The molecule has 0 radical (unpaired) electrons. The largest absolute Gasteiger partial charge is 0.469 e. The van der Waals surface area contributed by atoms with Crippen LogP contribution in [0.2, 0.25) is 0 Å². The number of aryl methyl sites for hydroxylation is 2. The van der Waals surface area contributed by atoms with Crippen molar-refractivity contribution in [3.63, 3.8) is 0 Å². The maximum Gasteiger partial charge on any atom is 0.222 e. The molecule has 4 nitrogen and oxygen atoms in total. The quantitative estimate of drug-likeness (QED) is 0.909. The second kappa shape index (κ2) is 5.12. The Morgan fingerprint density at radius 1 is 1.20 bits per heavy atom. The van der Waals surface area contributed by atoms with Crippen LogP contribution < -0.4 is 10.5 Å². The number of ether oxygens (including phenoxy) is 1. The van der Waals surface area contributed by atoms with E-state index < -0.39 is 0 Å². The van der Waals surface area contributed by atoms with Crippen molar-refractivity contribution in [3.8, 4) is 5.88 Å². The fourth-order valence-corrected chi connectivity index (χ4v) is 2.70. The van der Waals surface area contributed by atoms with Gasteiger partial charge in [-0.2, -0.15) is 4.98 Å². The molecule has 0 saturated carbocycles. The summed E-state index contributed by atoms with van der Waals surface area (Å²) >= 11 is 0. The monoisotopic (exact) mass is 269 g/mol. The van der Waals surface area contributed by atoms with Gasteiger partial charge in [0, 0.05) is 0 Å². The molecule has 2 N–H and O–H groups in total. The van der Waals surface area contributed by atoms with E-state index in [4.69, 9.17) is 10.5 Å². The van der Waals surface area contributed by atoms with E-state index >= 15 is 0 Å². The van der Waals surface area contributed by atoms with E-state index in [9.17, 15) is 0 Å². The van der Waals surface area contributed by atoms with Gasteiger partial charge in [0.1, 0.15) is 17.7 Å². The smallest absolute Gasteiger partial charge is 0.222 e. The summed E-state index contributed by atoms with van der Waals surface area (Å²) in [6.45, 7) is 3.73. The van der Waals surface area contributed by atoms with E-state index in [2.05, 4.69) is 34.2 Å². The minimum atomic E-state index is 0.0624. The van der Waals surface area contributed by atoms with E-state index in [1.54, 1.807) is 0 Å². The number of nitrogens with zero attached hydrogens (tertiary/aromatic N) is 2. The molecule has 1 aliphatic rings. The van der Waals surface area contributed by atoms with E-state index in [0.29, 0.717) is 17.5 Å². The van der Waals surface area contributed by atoms with Crippen molar-refractivity contribution >= 4 is 5.82 Å². The van der Waals surface area contributed by atoms with Gasteiger partial charge in [0.05, 0.1) is 5.56 Å². The maximum absolute atomic E-state index is 6.14. The van der Waals surface area contributed by atoms with Gasteiger partial charge in [-0.3, -0.25) is 0 Å². The lowest BCUT2D eigenvalue weighted by Crippen LogP contribution is -2.17. The zero-order valence-corrected chi connectivity index (χ0v) is 11.9. The Bertz CT molecular complexity index is 640. The molecule has 0 aliphatic heterocycles. The van der Waals surface area contributed by atoms with Crippen molar-refractivity contribution in [2.24, 2.45) is 0 Å². The number of nitrogens with two attached hydrogens (primary N) is 1. The van der Waals surface area contributed by atoms with Crippen LogP contribution in [0.15, 0.2) is 24.3 Å². The zero-order valence-electron chi connectivity index (χ0n) is 11.9. The Kier molecular flexibility index (Phi) is 3.30. The highest BCUT2D eigenvalue weighted by Crippen LogP contribution is 2.34. The number of rotatable bonds is 2. The van der Waals surface area contributed by atoms with Gasteiger partial charge in [0.25, 0.3) is 0 Å². The molecule has 1 aromatic heterocycles. The molecule has 0 bridgehead atoms. The van der Waals surface area contributed by atoms with Crippen molar-refractivity contribution in [1.82, 2.24) is 9.97 Å². The lowest BCUT2D eigenvalue weighted by atomic mass is 9.89. The molecule has 1 heterocycles. The van der Waals surface area contributed by atoms with Crippen LogP contribution in [0.3, 0.4) is 0 Å². The first-order valence-corrected chi connectivity index (χ1v) is 7.00. The van der Waals surface area contributed by atoms with Crippen molar-refractivity contribution < 1.29 is 4.74 Å². The fraction of sp³-hybridized carbons (Fsp3) is 0.375. The Hall–Kier alpha value is -2.10. The van der Waals surface area contributed by atoms with Crippen LogP contribution in [0.5, 0.6) is 5.88 Å². The van der Waals surface area contributed by atoms with E-state index in [-0.39, 0.29) is 6.10 Å². The number of hydrogen-bond donors (Lipinski definition) is 1. The third kappa shape index (κ3) is 2.33. The van der Waals surface area contributed by atoms with Crippen LogP contribution >= 0.6 is 0 Å². The molecule has 4 heteroatoms. The maximum atomic E-state index is 6.14. The summed E-state index contributed by atoms with van der Waals surface area (Å²) in [6, 6.07) is 8.47.